The number of likely N-dealkylation sites (tertiary alicyclic amines) is 2. The lowest BCUT2D eigenvalue weighted by molar-refractivity contribution is -0.144. The van der Waals surface area contributed by atoms with Gasteiger partial charge in [0.25, 0.3) is 0 Å². The number of amides is 2. The summed E-state index contributed by atoms with van der Waals surface area (Å²) in [5, 5.41) is 0. The first kappa shape index (κ1) is 18.7. The Morgan fingerprint density at radius 1 is 1.14 bits per heavy atom. The number of hydrogen-bond donors (Lipinski definition) is 0. The van der Waals surface area contributed by atoms with Gasteiger partial charge in [-0.25, -0.2) is 4.98 Å². The van der Waals surface area contributed by atoms with Gasteiger partial charge in [-0.3, -0.25) is 14.6 Å². The fraction of sp³-hybridized carbons (Fsp3) is 0.524. The van der Waals surface area contributed by atoms with E-state index in [1.165, 1.54) is 0 Å². The van der Waals surface area contributed by atoms with E-state index in [1.807, 2.05) is 39.6 Å². The average Bonchev–Trinajstić information content (AvgIpc) is 3.26. The smallest absolute Gasteiger partial charge is 0.245 e. The van der Waals surface area contributed by atoms with Crippen molar-refractivity contribution in [2.75, 3.05) is 19.6 Å². The molecule has 148 valence electrons. The van der Waals surface area contributed by atoms with Crippen LogP contribution in [0.3, 0.4) is 0 Å². The maximum absolute atomic E-state index is 12.8. The highest BCUT2D eigenvalue weighted by atomic mass is 16.2. The topological polar surface area (TPSA) is 71.3 Å². The van der Waals surface area contributed by atoms with Crippen LogP contribution in [-0.4, -0.2) is 55.8 Å². The van der Waals surface area contributed by atoms with Crippen molar-refractivity contribution in [3.63, 3.8) is 0 Å². The van der Waals surface area contributed by atoms with Crippen LogP contribution in [0.25, 0.3) is 0 Å². The first-order chi connectivity index (χ1) is 13.6. The molecule has 0 radical (unpaired) electrons. The minimum atomic E-state index is -0.229. The Labute approximate surface area is 165 Å². The molecule has 4 rings (SSSR count). The van der Waals surface area contributed by atoms with Gasteiger partial charge in [-0.2, -0.15) is 0 Å². The number of imidazole rings is 1. The molecule has 1 spiro atoms. The summed E-state index contributed by atoms with van der Waals surface area (Å²) in [4.78, 5) is 37.3. The van der Waals surface area contributed by atoms with E-state index >= 15 is 0 Å². The van der Waals surface area contributed by atoms with E-state index in [0.29, 0.717) is 13.0 Å². The number of pyridine rings is 1. The number of hydrogen-bond acceptors (Lipinski definition) is 4. The number of carbonyl (C=O) groups excluding carboxylic acids is 2. The molecule has 2 aromatic rings. The van der Waals surface area contributed by atoms with Crippen molar-refractivity contribution in [2.24, 2.45) is 5.41 Å². The Morgan fingerprint density at radius 2 is 1.89 bits per heavy atom. The second-order valence-corrected chi connectivity index (χ2v) is 8.12. The van der Waals surface area contributed by atoms with Crippen molar-refractivity contribution in [1.82, 2.24) is 24.3 Å². The Balaban J connectivity index is 1.37. The maximum atomic E-state index is 12.8. The van der Waals surface area contributed by atoms with E-state index in [4.69, 9.17) is 0 Å². The third kappa shape index (κ3) is 3.79. The zero-order valence-corrected chi connectivity index (χ0v) is 16.3. The molecule has 2 saturated heterocycles. The first-order valence-corrected chi connectivity index (χ1v) is 9.99. The quantitative estimate of drug-likeness (QED) is 0.815. The van der Waals surface area contributed by atoms with Gasteiger partial charge in [-0.15, -0.1) is 0 Å². The average molecular weight is 381 g/mol. The van der Waals surface area contributed by atoms with E-state index in [1.54, 1.807) is 24.9 Å². The van der Waals surface area contributed by atoms with Crippen LogP contribution in [0.4, 0.5) is 0 Å². The molecule has 0 aromatic carbocycles. The molecule has 2 aromatic heterocycles. The third-order valence-electron chi connectivity index (χ3n) is 6.34. The molecule has 4 heterocycles. The standard InChI is InChI=1S/C21H27N5O2/c1-17(25-13-10-23-16-25)20(28)24-11-6-21(7-12-24)5-2-19(27)26(15-21)14-18-3-8-22-9-4-18/h3-4,8-10,13,16-17H,2,5-7,11-12,14-15H2,1H3. The summed E-state index contributed by atoms with van der Waals surface area (Å²) in [6.45, 7) is 4.87. The van der Waals surface area contributed by atoms with Gasteiger partial charge in [0, 0.05) is 57.4 Å². The summed E-state index contributed by atoms with van der Waals surface area (Å²) in [6.07, 6.45) is 12.2. The van der Waals surface area contributed by atoms with Crippen molar-refractivity contribution in [3.8, 4) is 0 Å². The molecule has 28 heavy (non-hydrogen) atoms. The van der Waals surface area contributed by atoms with E-state index in [2.05, 4.69) is 9.97 Å². The summed E-state index contributed by atoms with van der Waals surface area (Å²) >= 11 is 0. The van der Waals surface area contributed by atoms with Gasteiger partial charge in [0.05, 0.1) is 6.33 Å². The number of aromatic nitrogens is 3. The SMILES string of the molecule is CC(C(=O)N1CCC2(CCC(=O)N(Cc3ccncc3)C2)CC1)n1ccnc1. The highest BCUT2D eigenvalue weighted by Gasteiger charge is 2.42. The molecule has 7 nitrogen and oxygen atoms in total. The molecule has 2 amide bonds. The molecule has 7 heteroatoms. The number of rotatable bonds is 4. The van der Waals surface area contributed by atoms with Crippen LogP contribution in [0.2, 0.25) is 0 Å². The van der Waals surface area contributed by atoms with E-state index in [0.717, 1.165) is 44.5 Å². The second kappa shape index (κ2) is 7.73. The first-order valence-electron chi connectivity index (χ1n) is 9.99. The Morgan fingerprint density at radius 3 is 2.57 bits per heavy atom. The van der Waals surface area contributed by atoms with Gasteiger partial charge in [0.2, 0.25) is 11.8 Å². The van der Waals surface area contributed by atoms with Crippen LogP contribution < -0.4 is 0 Å². The second-order valence-electron chi connectivity index (χ2n) is 8.12. The van der Waals surface area contributed by atoms with Crippen LogP contribution in [0.1, 0.15) is 44.2 Å². The van der Waals surface area contributed by atoms with Crippen LogP contribution in [0.5, 0.6) is 0 Å². The molecule has 0 saturated carbocycles. The molecular weight excluding hydrogens is 354 g/mol. The van der Waals surface area contributed by atoms with Crippen LogP contribution in [0, 0.1) is 5.41 Å². The Bertz CT molecular complexity index is 813. The molecule has 2 fully saturated rings. The molecule has 1 atom stereocenters. The number of carbonyl (C=O) groups is 2. The summed E-state index contributed by atoms with van der Waals surface area (Å²) < 4.78 is 1.85. The lowest BCUT2D eigenvalue weighted by atomic mass is 9.72. The molecule has 2 aliphatic heterocycles. The summed E-state index contributed by atoms with van der Waals surface area (Å²) in [5.41, 5.74) is 1.25. The Kier molecular flexibility index (Phi) is 5.15. The van der Waals surface area contributed by atoms with E-state index < -0.39 is 0 Å². The molecule has 2 aliphatic rings. The summed E-state index contributed by atoms with van der Waals surface area (Å²) in [5.74, 6) is 0.378. The van der Waals surface area contributed by atoms with E-state index in [9.17, 15) is 9.59 Å². The predicted molar refractivity (Wildman–Crippen MR) is 104 cm³/mol. The summed E-state index contributed by atoms with van der Waals surface area (Å²) in [7, 11) is 0. The van der Waals surface area contributed by atoms with Gasteiger partial charge in [0.15, 0.2) is 0 Å². The fourth-order valence-electron chi connectivity index (χ4n) is 4.45. The van der Waals surface area contributed by atoms with Crippen molar-refractivity contribution < 1.29 is 9.59 Å². The minimum absolute atomic E-state index is 0.135. The molecule has 0 aliphatic carbocycles. The van der Waals surface area contributed by atoms with Gasteiger partial charge in [-0.1, -0.05) is 0 Å². The van der Waals surface area contributed by atoms with E-state index in [-0.39, 0.29) is 23.3 Å². The van der Waals surface area contributed by atoms with Crippen molar-refractivity contribution >= 4 is 11.8 Å². The number of piperidine rings is 2. The van der Waals surface area contributed by atoms with Crippen molar-refractivity contribution in [2.45, 2.75) is 45.2 Å². The number of nitrogens with zero attached hydrogens (tertiary/aromatic N) is 5. The van der Waals surface area contributed by atoms with Gasteiger partial charge >= 0.3 is 0 Å². The van der Waals surface area contributed by atoms with Gasteiger partial charge < -0.3 is 14.4 Å². The predicted octanol–water partition coefficient (Wildman–Crippen LogP) is 2.27. The van der Waals surface area contributed by atoms with Crippen molar-refractivity contribution in [1.29, 1.82) is 0 Å². The fourth-order valence-corrected chi connectivity index (χ4v) is 4.45. The normalized spacial score (nSPS) is 20.4. The molecular formula is C21H27N5O2. The lowest BCUT2D eigenvalue weighted by Crippen LogP contribution is -2.52. The van der Waals surface area contributed by atoms with Crippen LogP contribution in [0.15, 0.2) is 43.2 Å². The molecule has 0 N–H and O–H groups in total. The monoisotopic (exact) mass is 381 g/mol. The van der Waals surface area contributed by atoms with Crippen molar-refractivity contribution in [3.05, 3.63) is 48.8 Å². The van der Waals surface area contributed by atoms with Crippen LogP contribution >= 0.6 is 0 Å². The Hall–Kier alpha value is -2.70. The van der Waals surface area contributed by atoms with Gasteiger partial charge in [0.1, 0.15) is 6.04 Å². The highest BCUT2D eigenvalue weighted by molar-refractivity contribution is 5.80. The zero-order chi connectivity index (χ0) is 19.6. The third-order valence-corrected chi connectivity index (χ3v) is 6.34. The summed E-state index contributed by atoms with van der Waals surface area (Å²) in [6, 6.07) is 3.70. The molecule has 1 unspecified atom stereocenters. The lowest BCUT2D eigenvalue weighted by Gasteiger charge is -2.47. The van der Waals surface area contributed by atoms with Crippen LogP contribution in [-0.2, 0) is 16.1 Å². The minimum Gasteiger partial charge on any atom is -0.341 e. The zero-order valence-electron chi connectivity index (χ0n) is 16.3. The highest BCUT2D eigenvalue weighted by Crippen LogP contribution is 2.41. The largest absolute Gasteiger partial charge is 0.341 e. The maximum Gasteiger partial charge on any atom is 0.245 e. The molecule has 0 bridgehead atoms. The van der Waals surface area contributed by atoms with Gasteiger partial charge in [-0.05, 0) is 49.3 Å².